The van der Waals surface area contributed by atoms with E-state index in [1.807, 2.05) is 20.0 Å². The topological polar surface area (TPSA) is 58.2 Å². The summed E-state index contributed by atoms with van der Waals surface area (Å²) in [5.41, 5.74) is 0.999. The number of nitrogens with one attached hydrogen (secondary N) is 2. The molecule has 0 saturated heterocycles. The Balaban J connectivity index is 3.01. The van der Waals surface area contributed by atoms with Crippen LogP contribution in [0.5, 0.6) is 0 Å². The highest BCUT2D eigenvalue weighted by molar-refractivity contribution is 7.89. The molecule has 0 aliphatic rings. The van der Waals surface area contributed by atoms with Gasteiger partial charge in [-0.15, -0.1) is 0 Å². The second-order valence-corrected chi connectivity index (χ2v) is 5.99. The molecule has 1 atom stereocenters. The van der Waals surface area contributed by atoms with Gasteiger partial charge in [0.25, 0.3) is 0 Å². The minimum Gasteiger partial charge on any atom is -0.313 e. The first-order valence-corrected chi connectivity index (χ1v) is 7.80. The molecule has 0 aromatic heterocycles. The van der Waals surface area contributed by atoms with E-state index >= 15 is 0 Å². The van der Waals surface area contributed by atoms with Crippen LogP contribution >= 0.6 is 0 Å². The summed E-state index contributed by atoms with van der Waals surface area (Å²) in [7, 11) is -1.49. The molecule has 4 nitrogen and oxygen atoms in total. The van der Waals surface area contributed by atoms with Gasteiger partial charge in [-0.25, -0.2) is 13.1 Å². The van der Waals surface area contributed by atoms with Gasteiger partial charge in [-0.3, -0.25) is 0 Å². The molecule has 102 valence electrons. The zero-order valence-electron chi connectivity index (χ0n) is 11.2. The summed E-state index contributed by atoms with van der Waals surface area (Å²) >= 11 is 0. The van der Waals surface area contributed by atoms with E-state index < -0.39 is 10.0 Å². The Morgan fingerprint density at radius 2 is 2.00 bits per heavy atom. The van der Waals surface area contributed by atoms with Crippen molar-refractivity contribution in [2.75, 3.05) is 13.6 Å². The second kappa shape index (κ2) is 6.87. The highest BCUT2D eigenvalue weighted by Crippen LogP contribution is 2.19. The van der Waals surface area contributed by atoms with Crippen LogP contribution in [0, 0.1) is 0 Å². The highest BCUT2D eigenvalue weighted by atomic mass is 32.2. The van der Waals surface area contributed by atoms with E-state index in [0.717, 1.165) is 18.4 Å². The Hall–Kier alpha value is -0.910. The molecule has 1 aromatic rings. The fraction of sp³-hybridized carbons (Fsp3) is 0.538. The van der Waals surface area contributed by atoms with Crippen LogP contribution in [0.3, 0.4) is 0 Å². The quantitative estimate of drug-likeness (QED) is 0.797. The summed E-state index contributed by atoms with van der Waals surface area (Å²) in [5.74, 6) is 0. The fourth-order valence-corrected chi connectivity index (χ4v) is 3.01. The molecular formula is C13H22N2O2S. The Bertz CT molecular complexity index is 468. The smallest absolute Gasteiger partial charge is 0.240 e. The zero-order valence-corrected chi connectivity index (χ0v) is 12.0. The van der Waals surface area contributed by atoms with E-state index in [2.05, 4.69) is 17.0 Å². The maximum absolute atomic E-state index is 12.0. The lowest BCUT2D eigenvalue weighted by atomic mass is 10.1. The molecule has 1 aromatic carbocycles. The molecule has 0 heterocycles. The van der Waals surface area contributed by atoms with Crippen LogP contribution in [-0.2, 0) is 10.0 Å². The first kappa shape index (κ1) is 15.1. The van der Waals surface area contributed by atoms with Gasteiger partial charge in [-0.1, -0.05) is 26.0 Å². The SMILES string of the molecule is CCCNS(=O)(=O)c1cccc(C(CC)NC)c1. The van der Waals surface area contributed by atoms with Gasteiger partial charge in [0.05, 0.1) is 4.90 Å². The zero-order chi connectivity index (χ0) is 13.6. The lowest BCUT2D eigenvalue weighted by Gasteiger charge is -2.15. The number of hydrogen-bond acceptors (Lipinski definition) is 3. The Labute approximate surface area is 110 Å². The molecule has 0 amide bonds. The second-order valence-electron chi connectivity index (χ2n) is 4.22. The minimum absolute atomic E-state index is 0.186. The normalized spacial score (nSPS) is 13.5. The van der Waals surface area contributed by atoms with E-state index in [1.54, 1.807) is 18.2 Å². The molecular weight excluding hydrogens is 248 g/mol. The van der Waals surface area contributed by atoms with Crippen molar-refractivity contribution in [2.24, 2.45) is 0 Å². The van der Waals surface area contributed by atoms with Crippen LogP contribution in [-0.4, -0.2) is 22.0 Å². The lowest BCUT2D eigenvalue weighted by molar-refractivity contribution is 0.570. The molecule has 1 unspecified atom stereocenters. The maximum Gasteiger partial charge on any atom is 0.240 e. The highest BCUT2D eigenvalue weighted by Gasteiger charge is 2.15. The van der Waals surface area contributed by atoms with Crippen LogP contribution in [0.15, 0.2) is 29.2 Å². The molecule has 0 fully saturated rings. The van der Waals surface area contributed by atoms with E-state index in [9.17, 15) is 8.42 Å². The van der Waals surface area contributed by atoms with Crippen molar-refractivity contribution in [3.05, 3.63) is 29.8 Å². The first-order valence-electron chi connectivity index (χ1n) is 6.32. The van der Waals surface area contributed by atoms with Gasteiger partial charge in [0.1, 0.15) is 0 Å². The molecule has 2 N–H and O–H groups in total. The summed E-state index contributed by atoms with van der Waals surface area (Å²) in [6, 6.07) is 7.29. The van der Waals surface area contributed by atoms with Crippen molar-refractivity contribution in [1.29, 1.82) is 0 Å². The van der Waals surface area contributed by atoms with Crippen molar-refractivity contribution < 1.29 is 8.42 Å². The predicted octanol–water partition coefficient (Wildman–Crippen LogP) is 2.05. The van der Waals surface area contributed by atoms with Crippen LogP contribution < -0.4 is 10.0 Å². The van der Waals surface area contributed by atoms with E-state index in [-0.39, 0.29) is 6.04 Å². The molecule has 18 heavy (non-hydrogen) atoms. The van der Waals surface area contributed by atoms with Crippen molar-refractivity contribution in [2.45, 2.75) is 37.6 Å². The van der Waals surface area contributed by atoms with Crippen LogP contribution in [0.4, 0.5) is 0 Å². The fourth-order valence-electron chi connectivity index (χ4n) is 1.82. The van der Waals surface area contributed by atoms with E-state index in [1.165, 1.54) is 0 Å². The predicted molar refractivity (Wildman–Crippen MR) is 74.0 cm³/mol. The molecule has 0 saturated carbocycles. The van der Waals surface area contributed by atoms with Gasteiger partial charge >= 0.3 is 0 Å². The average Bonchev–Trinajstić information content (AvgIpc) is 2.38. The first-order chi connectivity index (χ1) is 8.55. The van der Waals surface area contributed by atoms with Crippen molar-refractivity contribution >= 4 is 10.0 Å². The van der Waals surface area contributed by atoms with Crippen LogP contribution in [0.25, 0.3) is 0 Å². The Kier molecular flexibility index (Phi) is 5.78. The van der Waals surface area contributed by atoms with Gasteiger partial charge in [-0.2, -0.15) is 0 Å². The van der Waals surface area contributed by atoms with Crippen molar-refractivity contribution in [1.82, 2.24) is 10.0 Å². The lowest BCUT2D eigenvalue weighted by Crippen LogP contribution is -2.25. The summed E-state index contributed by atoms with van der Waals surface area (Å²) in [5, 5.41) is 3.17. The number of rotatable bonds is 7. The van der Waals surface area contributed by atoms with Gasteiger partial charge in [-0.05, 0) is 37.6 Å². The number of hydrogen-bond donors (Lipinski definition) is 2. The summed E-state index contributed by atoms with van der Waals surface area (Å²) in [6.07, 6.45) is 1.70. The standard InChI is InChI=1S/C13H22N2O2S/c1-4-9-15-18(16,17)12-8-6-7-11(10-12)13(5-2)14-3/h6-8,10,13-15H,4-5,9H2,1-3H3. The molecule has 0 aliphatic carbocycles. The van der Waals surface area contributed by atoms with Gasteiger partial charge in [0, 0.05) is 12.6 Å². The van der Waals surface area contributed by atoms with Crippen molar-refractivity contribution in [3.8, 4) is 0 Å². The molecule has 0 spiro atoms. The summed E-state index contributed by atoms with van der Waals surface area (Å²) in [6.45, 7) is 4.47. The molecule has 0 bridgehead atoms. The molecule has 0 radical (unpaired) electrons. The van der Waals surface area contributed by atoms with Crippen LogP contribution in [0.2, 0.25) is 0 Å². The molecule has 5 heteroatoms. The molecule has 1 rings (SSSR count). The summed E-state index contributed by atoms with van der Waals surface area (Å²) < 4.78 is 26.6. The van der Waals surface area contributed by atoms with Gasteiger partial charge in [0.15, 0.2) is 0 Å². The third-order valence-corrected chi connectivity index (χ3v) is 4.33. The van der Waals surface area contributed by atoms with Crippen LogP contribution in [0.1, 0.15) is 38.3 Å². The summed E-state index contributed by atoms with van der Waals surface area (Å²) in [4.78, 5) is 0.335. The largest absolute Gasteiger partial charge is 0.313 e. The van der Waals surface area contributed by atoms with E-state index in [4.69, 9.17) is 0 Å². The third kappa shape index (κ3) is 3.80. The number of benzene rings is 1. The Morgan fingerprint density at radius 1 is 1.28 bits per heavy atom. The molecule has 0 aliphatic heterocycles. The minimum atomic E-state index is -3.37. The van der Waals surface area contributed by atoms with Gasteiger partial charge < -0.3 is 5.32 Å². The Morgan fingerprint density at radius 3 is 2.56 bits per heavy atom. The third-order valence-electron chi connectivity index (χ3n) is 2.87. The maximum atomic E-state index is 12.0. The van der Waals surface area contributed by atoms with Crippen molar-refractivity contribution in [3.63, 3.8) is 0 Å². The van der Waals surface area contributed by atoms with Gasteiger partial charge in [0.2, 0.25) is 10.0 Å². The monoisotopic (exact) mass is 270 g/mol. The number of sulfonamides is 1. The average molecular weight is 270 g/mol. The van der Waals surface area contributed by atoms with E-state index in [0.29, 0.717) is 11.4 Å².